The van der Waals surface area contributed by atoms with Crippen LogP contribution in [-0.4, -0.2) is 33.9 Å². The van der Waals surface area contributed by atoms with Gasteiger partial charge in [-0.05, 0) is 36.4 Å². The molecule has 0 fully saturated rings. The number of esters is 1. The van der Waals surface area contributed by atoms with E-state index in [4.69, 9.17) is 0 Å². The first kappa shape index (κ1) is 18.0. The number of hydrogen-bond donors (Lipinski definition) is 2. The molecule has 0 aliphatic carbocycles. The summed E-state index contributed by atoms with van der Waals surface area (Å²) in [5.41, 5.74) is 1.98. The number of pyridine rings is 1. The molecule has 2 aromatic heterocycles. The summed E-state index contributed by atoms with van der Waals surface area (Å²) in [5.74, 6) is -0.295. The molecule has 0 atom stereocenters. The number of nitrogens with one attached hydrogen (secondary N) is 2. The summed E-state index contributed by atoms with van der Waals surface area (Å²) in [4.78, 5) is 36.2. The van der Waals surface area contributed by atoms with Crippen molar-refractivity contribution in [3.8, 4) is 0 Å². The molecule has 1 aromatic carbocycles. The molecule has 2 heterocycles. The highest BCUT2D eigenvalue weighted by Gasteiger charge is 2.10. The standard InChI is InChI=1S/C19H17N5O3/c1-27-19(26)13-5-7-14(8-6-13)24-18(25)16-11-23-17(12-21-16)22-10-15-4-2-3-9-20-15/h2-9,11-12H,10H2,1H3,(H,22,23)(H,24,25). The van der Waals surface area contributed by atoms with Crippen LogP contribution in [0.25, 0.3) is 0 Å². The number of aromatic nitrogens is 3. The monoisotopic (exact) mass is 363 g/mol. The summed E-state index contributed by atoms with van der Waals surface area (Å²) >= 11 is 0. The Balaban J connectivity index is 1.58. The van der Waals surface area contributed by atoms with Crippen LogP contribution in [0.2, 0.25) is 0 Å². The molecule has 1 amide bonds. The predicted octanol–water partition coefficient (Wildman–Crippen LogP) is 2.52. The Kier molecular flexibility index (Phi) is 5.68. The second kappa shape index (κ2) is 8.52. The molecule has 8 heteroatoms. The summed E-state index contributed by atoms with van der Waals surface area (Å²) < 4.78 is 4.63. The zero-order valence-corrected chi connectivity index (χ0v) is 14.5. The van der Waals surface area contributed by atoms with E-state index in [9.17, 15) is 9.59 Å². The Morgan fingerprint density at radius 3 is 2.44 bits per heavy atom. The van der Waals surface area contributed by atoms with Gasteiger partial charge in [-0.3, -0.25) is 9.78 Å². The molecule has 0 aliphatic rings. The van der Waals surface area contributed by atoms with Crippen LogP contribution in [0.5, 0.6) is 0 Å². The maximum atomic E-state index is 12.2. The van der Waals surface area contributed by atoms with Gasteiger partial charge in [0.05, 0.1) is 37.3 Å². The van der Waals surface area contributed by atoms with E-state index >= 15 is 0 Å². The molecule has 2 N–H and O–H groups in total. The fraction of sp³-hybridized carbons (Fsp3) is 0.105. The summed E-state index contributed by atoms with van der Waals surface area (Å²) in [7, 11) is 1.31. The van der Waals surface area contributed by atoms with E-state index in [1.165, 1.54) is 19.5 Å². The molecule has 8 nitrogen and oxygen atoms in total. The molecule has 3 rings (SSSR count). The minimum Gasteiger partial charge on any atom is -0.465 e. The van der Waals surface area contributed by atoms with Crippen LogP contribution in [0.4, 0.5) is 11.5 Å². The molecular weight excluding hydrogens is 346 g/mol. The number of carbonyl (C=O) groups is 2. The van der Waals surface area contributed by atoms with Crippen LogP contribution in [0.15, 0.2) is 61.1 Å². The van der Waals surface area contributed by atoms with Crippen molar-refractivity contribution < 1.29 is 14.3 Å². The van der Waals surface area contributed by atoms with Crippen LogP contribution in [0.1, 0.15) is 26.5 Å². The van der Waals surface area contributed by atoms with Crippen LogP contribution < -0.4 is 10.6 Å². The lowest BCUT2D eigenvalue weighted by Gasteiger charge is -2.07. The number of hydrogen-bond acceptors (Lipinski definition) is 7. The highest BCUT2D eigenvalue weighted by molar-refractivity contribution is 6.03. The number of nitrogens with zero attached hydrogens (tertiary/aromatic N) is 3. The van der Waals surface area contributed by atoms with Crippen LogP contribution in [0, 0.1) is 0 Å². The first-order chi connectivity index (χ1) is 13.2. The van der Waals surface area contributed by atoms with Gasteiger partial charge in [0.1, 0.15) is 11.5 Å². The van der Waals surface area contributed by atoms with E-state index < -0.39 is 11.9 Å². The van der Waals surface area contributed by atoms with Gasteiger partial charge in [-0.25, -0.2) is 14.8 Å². The number of ether oxygens (including phenoxy) is 1. The highest BCUT2D eigenvalue weighted by atomic mass is 16.5. The summed E-state index contributed by atoms with van der Waals surface area (Å²) in [6, 6.07) is 12.0. The second-order valence-corrected chi connectivity index (χ2v) is 5.48. The predicted molar refractivity (Wildman–Crippen MR) is 99.3 cm³/mol. The third kappa shape index (κ3) is 4.85. The third-order valence-electron chi connectivity index (χ3n) is 3.63. The fourth-order valence-electron chi connectivity index (χ4n) is 2.22. The molecular formula is C19H17N5O3. The van der Waals surface area contributed by atoms with Gasteiger partial charge in [0, 0.05) is 11.9 Å². The Labute approximate surface area is 155 Å². The molecule has 3 aromatic rings. The van der Waals surface area contributed by atoms with E-state index in [2.05, 4.69) is 30.3 Å². The van der Waals surface area contributed by atoms with Crippen molar-refractivity contribution in [3.05, 3.63) is 78.0 Å². The van der Waals surface area contributed by atoms with Gasteiger partial charge in [0.2, 0.25) is 0 Å². The van der Waals surface area contributed by atoms with Crippen molar-refractivity contribution in [2.75, 3.05) is 17.7 Å². The van der Waals surface area contributed by atoms with Gasteiger partial charge in [0.25, 0.3) is 5.91 Å². The molecule has 0 aliphatic heterocycles. The lowest BCUT2D eigenvalue weighted by molar-refractivity contribution is 0.0600. The van der Waals surface area contributed by atoms with Crippen molar-refractivity contribution in [1.82, 2.24) is 15.0 Å². The van der Waals surface area contributed by atoms with Gasteiger partial charge >= 0.3 is 5.97 Å². The van der Waals surface area contributed by atoms with E-state index in [1.54, 1.807) is 30.5 Å². The first-order valence-electron chi connectivity index (χ1n) is 8.11. The van der Waals surface area contributed by atoms with E-state index in [-0.39, 0.29) is 5.69 Å². The van der Waals surface area contributed by atoms with Gasteiger partial charge in [-0.1, -0.05) is 6.07 Å². The lowest BCUT2D eigenvalue weighted by atomic mass is 10.2. The van der Waals surface area contributed by atoms with Gasteiger partial charge in [0.15, 0.2) is 0 Å². The quantitative estimate of drug-likeness (QED) is 0.648. The van der Waals surface area contributed by atoms with Crippen LogP contribution in [-0.2, 0) is 11.3 Å². The van der Waals surface area contributed by atoms with E-state index in [0.29, 0.717) is 23.6 Å². The normalized spacial score (nSPS) is 10.1. The molecule has 27 heavy (non-hydrogen) atoms. The number of carbonyl (C=O) groups excluding carboxylic acids is 2. The SMILES string of the molecule is COC(=O)c1ccc(NC(=O)c2cnc(NCc3ccccn3)cn2)cc1. The minimum atomic E-state index is -0.437. The average Bonchev–Trinajstić information content (AvgIpc) is 2.73. The maximum Gasteiger partial charge on any atom is 0.337 e. The molecule has 0 saturated heterocycles. The minimum absolute atomic E-state index is 0.176. The average molecular weight is 363 g/mol. The molecule has 0 radical (unpaired) electrons. The molecule has 0 saturated carbocycles. The van der Waals surface area contributed by atoms with Crippen molar-refractivity contribution in [2.24, 2.45) is 0 Å². The summed E-state index contributed by atoms with van der Waals surface area (Å²) in [5, 5.41) is 5.78. The topological polar surface area (TPSA) is 106 Å². The zero-order chi connectivity index (χ0) is 19.1. The highest BCUT2D eigenvalue weighted by Crippen LogP contribution is 2.12. The van der Waals surface area contributed by atoms with Crippen molar-refractivity contribution in [1.29, 1.82) is 0 Å². The number of rotatable bonds is 6. The molecule has 136 valence electrons. The van der Waals surface area contributed by atoms with Crippen molar-refractivity contribution in [2.45, 2.75) is 6.54 Å². The Bertz CT molecular complexity index is 912. The Hall–Kier alpha value is -3.81. The number of methoxy groups -OCH3 is 1. The van der Waals surface area contributed by atoms with Gasteiger partial charge < -0.3 is 15.4 Å². The van der Waals surface area contributed by atoms with Crippen LogP contribution in [0.3, 0.4) is 0 Å². The largest absolute Gasteiger partial charge is 0.465 e. The van der Waals surface area contributed by atoms with Gasteiger partial charge in [-0.2, -0.15) is 0 Å². The first-order valence-corrected chi connectivity index (χ1v) is 8.11. The maximum absolute atomic E-state index is 12.2. The summed E-state index contributed by atoms with van der Waals surface area (Å²) in [6.07, 6.45) is 4.59. The Morgan fingerprint density at radius 1 is 1.00 bits per heavy atom. The Morgan fingerprint density at radius 2 is 1.81 bits per heavy atom. The fourth-order valence-corrected chi connectivity index (χ4v) is 2.22. The molecule has 0 unspecified atom stereocenters. The van der Waals surface area contributed by atoms with Crippen molar-refractivity contribution in [3.63, 3.8) is 0 Å². The van der Waals surface area contributed by atoms with E-state index in [1.807, 2.05) is 18.2 Å². The van der Waals surface area contributed by atoms with Gasteiger partial charge in [-0.15, -0.1) is 0 Å². The molecule has 0 bridgehead atoms. The number of anilines is 2. The number of amides is 1. The second-order valence-electron chi connectivity index (χ2n) is 5.48. The zero-order valence-electron chi connectivity index (χ0n) is 14.5. The summed E-state index contributed by atoms with van der Waals surface area (Å²) in [6.45, 7) is 0.508. The number of benzene rings is 1. The van der Waals surface area contributed by atoms with E-state index in [0.717, 1.165) is 5.69 Å². The van der Waals surface area contributed by atoms with Crippen LogP contribution >= 0.6 is 0 Å². The third-order valence-corrected chi connectivity index (χ3v) is 3.63. The molecule has 0 spiro atoms. The smallest absolute Gasteiger partial charge is 0.337 e. The lowest BCUT2D eigenvalue weighted by Crippen LogP contribution is -2.14. The van der Waals surface area contributed by atoms with Crippen molar-refractivity contribution >= 4 is 23.4 Å².